The van der Waals surface area contributed by atoms with Gasteiger partial charge in [-0.1, -0.05) is 42.5 Å². The Morgan fingerprint density at radius 1 is 0.933 bits per heavy atom. The van der Waals surface area contributed by atoms with E-state index in [0.29, 0.717) is 32.9 Å². The molecule has 164 valence electrons. The van der Waals surface area contributed by atoms with Gasteiger partial charge in [0.2, 0.25) is 0 Å². The highest BCUT2D eigenvalue weighted by molar-refractivity contribution is 5.53. The molecule has 0 spiro atoms. The molecule has 1 saturated heterocycles. The van der Waals surface area contributed by atoms with Crippen molar-refractivity contribution < 1.29 is 34.7 Å². The maximum atomic E-state index is 10.1. The summed E-state index contributed by atoms with van der Waals surface area (Å²) in [5.74, 6) is 0.534. The Hall–Kier alpha value is -2.65. The molecule has 8 nitrogen and oxygen atoms in total. The molecule has 0 amide bonds. The summed E-state index contributed by atoms with van der Waals surface area (Å²) in [6.07, 6.45) is -2.17. The summed E-state index contributed by atoms with van der Waals surface area (Å²) in [6, 6.07) is 17.7. The van der Waals surface area contributed by atoms with E-state index in [1.165, 1.54) is 5.56 Å². The lowest BCUT2D eigenvalue weighted by Crippen LogP contribution is -2.48. The van der Waals surface area contributed by atoms with Gasteiger partial charge in [-0.25, -0.2) is 4.79 Å². The molecule has 0 radical (unpaired) electrons. The van der Waals surface area contributed by atoms with Crippen molar-refractivity contribution in [1.82, 2.24) is 5.32 Å². The molecular formula is C22H29NO7. The molecule has 0 bridgehead atoms. The number of benzene rings is 2. The van der Waals surface area contributed by atoms with Crippen molar-refractivity contribution in [3.05, 3.63) is 65.7 Å². The van der Waals surface area contributed by atoms with Crippen molar-refractivity contribution >= 4 is 6.16 Å². The van der Waals surface area contributed by atoms with Crippen molar-refractivity contribution in [2.45, 2.75) is 31.2 Å². The first-order valence-electron chi connectivity index (χ1n) is 9.80. The van der Waals surface area contributed by atoms with E-state index in [2.05, 4.69) is 5.32 Å². The number of aliphatic hydroxyl groups is 2. The van der Waals surface area contributed by atoms with Crippen LogP contribution in [-0.2, 0) is 11.3 Å². The van der Waals surface area contributed by atoms with Crippen molar-refractivity contribution in [1.29, 1.82) is 0 Å². The molecule has 3 rings (SSSR count). The van der Waals surface area contributed by atoms with Crippen LogP contribution in [0.2, 0.25) is 0 Å². The average Bonchev–Trinajstić information content (AvgIpc) is 2.72. The van der Waals surface area contributed by atoms with Gasteiger partial charge >= 0.3 is 6.16 Å². The van der Waals surface area contributed by atoms with Gasteiger partial charge in [-0.2, -0.15) is 0 Å². The van der Waals surface area contributed by atoms with E-state index in [9.17, 15) is 10.2 Å². The first-order valence-corrected chi connectivity index (χ1v) is 9.80. The minimum Gasteiger partial charge on any atom is -0.494 e. The van der Waals surface area contributed by atoms with Crippen LogP contribution in [0.5, 0.6) is 5.75 Å². The molecular weight excluding hydrogens is 390 g/mol. The zero-order valence-corrected chi connectivity index (χ0v) is 16.7. The average molecular weight is 419 g/mol. The second-order valence-corrected chi connectivity index (χ2v) is 6.91. The van der Waals surface area contributed by atoms with Crippen molar-refractivity contribution in [3.8, 4) is 5.75 Å². The topological polar surface area (TPSA) is 128 Å². The van der Waals surface area contributed by atoms with Gasteiger partial charge in [-0.3, -0.25) is 0 Å². The molecule has 2 aromatic carbocycles. The summed E-state index contributed by atoms with van der Waals surface area (Å²) < 4.78 is 11.4. The zero-order chi connectivity index (χ0) is 21.8. The second-order valence-electron chi connectivity index (χ2n) is 6.91. The van der Waals surface area contributed by atoms with Crippen LogP contribution < -0.4 is 10.1 Å². The molecule has 1 fully saturated rings. The molecule has 0 aliphatic carbocycles. The van der Waals surface area contributed by atoms with Crippen LogP contribution in [0.4, 0.5) is 4.79 Å². The lowest BCUT2D eigenvalue weighted by molar-refractivity contribution is 0.0264. The van der Waals surface area contributed by atoms with E-state index in [-0.39, 0.29) is 5.92 Å². The number of carbonyl (C=O) groups is 1. The van der Waals surface area contributed by atoms with Gasteiger partial charge in [-0.05, 0) is 23.3 Å². The van der Waals surface area contributed by atoms with Gasteiger partial charge in [-0.15, -0.1) is 0 Å². The van der Waals surface area contributed by atoms with E-state index in [1.807, 2.05) is 54.6 Å². The van der Waals surface area contributed by atoms with Gasteiger partial charge in [0.15, 0.2) is 0 Å². The van der Waals surface area contributed by atoms with E-state index in [1.54, 1.807) is 0 Å². The largest absolute Gasteiger partial charge is 0.503 e. The van der Waals surface area contributed by atoms with Crippen LogP contribution in [-0.4, -0.2) is 65.1 Å². The quantitative estimate of drug-likeness (QED) is 0.412. The molecule has 0 unspecified atom stereocenters. The maximum absolute atomic E-state index is 10.1. The van der Waals surface area contributed by atoms with Gasteiger partial charge in [0.05, 0.1) is 32.0 Å². The fourth-order valence-corrected chi connectivity index (χ4v) is 3.24. The van der Waals surface area contributed by atoms with E-state index < -0.39 is 18.4 Å². The first kappa shape index (κ1) is 23.6. The van der Waals surface area contributed by atoms with Crippen LogP contribution in [0, 0.1) is 0 Å². The number of nitrogens with one attached hydrogen (secondary N) is 1. The fraction of sp³-hybridized carbons (Fsp3) is 0.409. The first-order chi connectivity index (χ1) is 14.5. The minimum absolute atomic E-state index is 0.253. The third-order valence-corrected chi connectivity index (χ3v) is 4.61. The molecule has 1 aliphatic rings. The number of hydrogen-bond acceptors (Lipinski definition) is 6. The predicted octanol–water partition coefficient (Wildman–Crippen LogP) is 2.30. The Kier molecular flexibility index (Phi) is 10.1. The van der Waals surface area contributed by atoms with Crippen LogP contribution in [0.15, 0.2) is 54.6 Å². The number of carboxylic acid groups (broad SMARTS) is 2. The summed E-state index contributed by atoms with van der Waals surface area (Å²) in [6.45, 7) is 2.87. The Bertz CT molecular complexity index is 725. The summed E-state index contributed by atoms with van der Waals surface area (Å²) in [5, 5.41) is 37.2. The summed E-state index contributed by atoms with van der Waals surface area (Å²) in [7, 11) is 0. The lowest BCUT2D eigenvalue weighted by Gasteiger charge is -2.33. The highest BCUT2D eigenvalue weighted by Gasteiger charge is 2.31. The Morgan fingerprint density at radius 2 is 1.53 bits per heavy atom. The minimum atomic E-state index is -1.83. The molecule has 8 heteroatoms. The third kappa shape index (κ3) is 8.38. The number of hydrogen-bond donors (Lipinski definition) is 5. The SMILES string of the molecule is O=C(O)O.O[C@@H]1CNC[C@H](O)[C@@H]1c1ccc(OCCCOCc2ccccc2)cc1. The molecule has 1 heterocycles. The summed E-state index contributed by atoms with van der Waals surface area (Å²) >= 11 is 0. The monoisotopic (exact) mass is 419 g/mol. The Balaban J connectivity index is 0.000000735. The molecule has 2 aromatic rings. The molecule has 30 heavy (non-hydrogen) atoms. The number of β-amino-alcohol motifs (C(OH)–C–C–N with tert-alkyl or cyclic N) is 2. The van der Waals surface area contributed by atoms with E-state index in [0.717, 1.165) is 17.7 Å². The fourth-order valence-electron chi connectivity index (χ4n) is 3.24. The van der Waals surface area contributed by atoms with Crippen LogP contribution in [0.3, 0.4) is 0 Å². The van der Waals surface area contributed by atoms with Gasteiger partial charge in [0, 0.05) is 25.4 Å². The predicted molar refractivity (Wildman–Crippen MR) is 111 cm³/mol. The van der Waals surface area contributed by atoms with Crippen molar-refractivity contribution in [2.75, 3.05) is 26.3 Å². The molecule has 3 atom stereocenters. The van der Waals surface area contributed by atoms with Crippen LogP contribution in [0.1, 0.15) is 23.5 Å². The van der Waals surface area contributed by atoms with E-state index >= 15 is 0 Å². The normalized spacial score (nSPS) is 20.7. The smallest absolute Gasteiger partial charge is 0.494 e. The standard InChI is InChI=1S/C21H27NO4.CH2O3/c23-19-13-22-14-20(24)21(19)17-7-9-18(10-8-17)26-12-4-11-25-15-16-5-2-1-3-6-16;2-1(3)4/h1-3,5-10,19-24H,4,11-15H2;(H2,2,3,4)/t19-,20+,21-;. The number of ether oxygens (including phenoxy) is 2. The van der Waals surface area contributed by atoms with Crippen molar-refractivity contribution in [3.63, 3.8) is 0 Å². The highest BCUT2D eigenvalue weighted by Crippen LogP contribution is 2.27. The zero-order valence-electron chi connectivity index (χ0n) is 16.7. The Labute approximate surface area is 175 Å². The molecule has 0 aromatic heterocycles. The van der Waals surface area contributed by atoms with E-state index in [4.69, 9.17) is 24.5 Å². The number of rotatable bonds is 8. The van der Waals surface area contributed by atoms with Gasteiger partial charge in [0.25, 0.3) is 0 Å². The molecule has 1 aliphatic heterocycles. The van der Waals surface area contributed by atoms with Crippen molar-refractivity contribution in [2.24, 2.45) is 0 Å². The summed E-state index contributed by atoms with van der Waals surface area (Å²) in [5.41, 5.74) is 2.11. The number of aliphatic hydroxyl groups excluding tert-OH is 2. The second kappa shape index (κ2) is 12.8. The maximum Gasteiger partial charge on any atom is 0.503 e. The van der Waals surface area contributed by atoms with Crippen LogP contribution >= 0.6 is 0 Å². The summed E-state index contributed by atoms with van der Waals surface area (Å²) in [4.78, 5) is 8.56. The molecule has 0 saturated carbocycles. The van der Waals surface area contributed by atoms with Crippen LogP contribution in [0.25, 0.3) is 0 Å². The van der Waals surface area contributed by atoms with Gasteiger partial charge < -0.3 is 35.2 Å². The Morgan fingerprint density at radius 3 is 2.13 bits per heavy atom. The third-order valence-electron chi connectivity index (χ3n) is 4.61. The lowest BCUT2D eigenvalue weighted by atomic mass is 9.86. The molecule has 5 N–H and O–H groups in total. The van der Waals surface area contributed by atoms with Gasteiger partial charge in [0.1, 0.15) is 5.75 Å². The number of piperidine rings is 1. The highest BCUT2D eigenvalue weighted by atomic mass is 16.6.